The van der Waals surface area contributed by atoms with Gasteiger partial charge in [0.1, 0.15) is 12.3 Å². The van der Waals surface area contributed by atoms with E-state index < -0.39 is 17.1 Å². The molecule has 1 atom stereocenters. The van der Waals surface area contributed by atoms with E-state index >= 15 is 0 Å². The number of nitrogens with zero attached hydrogens (tertiary/aromatic N) is 1. The number of ether oxygens (including phenoxy) is 1. The van der Waals surface area contributed by atoms with Gasteiger partial charge in [0, 0.05) is 5.69 Å². The van der Waals surface area contributed by atoms with Crippen LogP contribution in [0.2, 0.25) is 0 Å². The minimum absolute atomic E-state index is 0.124. The quantitative estimate of drug-likeness (QED) is 0.643. The first-order chi connectivity index (χ1) is 14.4. The summed E-state index contributed by atoms with van der Waals surface area (Å²) in [7, 11) is 0. The Balaban J connectivity index is 1.63. The normalized spacial score (nSPS) is 16.1. The zero-order valence-electron chi connectivity index (χ0n) is 17.2. The molecule has 1 aliphatic heterocycles. The number of hydrogen-bond donors (Lipinski definition) is 1. The third kappa shape index (κ3) is 5.51. The zero-order valence-corrected chi connectivity index (χ0v) is 18.0. The molecule has 1 saturated heterocycles. The Morgan fingerprint density at radius 1 is 1.13 bits per heavy atom. The van der Waals surface area contributed by atoms with Gasteiger partial charge in [-0.2, -0.15) is 0 Å². The predicted molar refractivity (Wildman–Crippen MR) is 119 cm³/mol. The number of hydrogen-bond acceptors (Lipinski definition) is 5. The minimum Gasteiger partial charge on any atom is -0.491 e. The van der Waals surface area contributed by atoms with Crippen molar-refractivity contribution in [1.29, 1.82) is 0 Å². The number of benzene rings is 2. The van der Waals surface area contributed by atoms with Gasteiger partial charge in [-0.05, 0) is 67.9 Å². The van der Waals surface area contributed by atoms with E-state index in [1.165, 1.54) is 0 Å². The van der Waals surface area contributed by atoms with Crippen LogP contribution in [0.3, 0.4) is 0 Å². The average Bonchev–Trinajstić information content (AvgIpc) is 2.98. The van der Waals surface area contributed by atoms with Gasteiger partial charge in [0.05, 0.1) is 11.0 Å². The Hall–Kier alpha value is -3.06. The summed E-state index contributed by atoms with van der Waals surface area (Å²) >= 11 is 0.833. The fourth-order valence-corrected chi connectivity index (χ4v) is 3.57. The largest absolute Gasteiger partial charge is 0.491 e. The Morgan fingerprint density at radius 3 is 2.43 bits per heavy atom. The van der Waals surface area contributed by atoms with Gasteiger partial charge in [-0.25, -0.2) is 0 Å². The van der Waals surface area contributed by atoms with E-state index in [4.69, 9.17) is 4.74 Å². The molecule has 0 unspecified atom stereocenters. The number of anilines is 1. The van der Waals surface area contributed by atoms with Gasteiger partial charge in [-0.15, -0.1) is 0 Å². The number of carbonyl (C=O) groups is 3. The number of amides is 3. The topological polar surface area (TPSA) is 75.7 Å². The third-order valence-corrected chi connectivity index (χ3v) is 5.51. The van der Waals surface area contributed by atoms with Crippen LogP contribution < -0.4 is 10.1 Å². The molecule has 2 aromatic carbocycles. The van der Waals surface area contributed by atoms with Gasteiger partial charge in [0.15, 0.2) is 0 Å². The summed E-state index contributed by atoms with van der Waals surface area (Å²) in [6.45, 7) is 5.68. The van der Waals surface area contributed by atoms with Crippen molar-refractivity contribution >= 4 is 40.6 Å². The lowest BCUT2D eigenvalue weighted by molar-refractivity contribution is -0.127. The molecule has 156 valence electrons. The van der Waals surface area contributed by atoms with Gasteiger partial charge in [0.25, 0.3) is 11.1 Å². The number of nitrogens with one attached hydrogen (secondary N) is 1. The van der Waals surface area contributed by atoms with E-state index in [0.717, 1.165) is 40.0 Å². The van der Waals surface area contributed by atoms with Crippen LogP contribution in [-0.4, -0.2) is 34.6 Å². The molecule has 1 heterocycles. The molecule has 0 aromatic heterocycles. The molecule has 0 saturated carbocycles. The van der Waals surface area contributed by atoms with Gasteiger partial charge in [0.2, 0.25) is 5.91 Å². The number of thioether (sulfide) groups is 1. The summed E-state index contributed by atoms with van der Waals surface area (Å²) in [6, 6.07) is 14.6. The van der Waals surface area contributed by atoms with Crippen LogP contribution in [0.5, 0.6) is 5.75 Å². The van der Waals surface area contributed by atoms with Crippen LogP contribution in [0, 0.1) is 6.92 Å². The molecule has 0 radical (unpaired) electrons. The summed E-state index contributed by atoms with van der Waals surface area (Å²) in [6.07, 6.45) is 2.68. The fraction of sp³-hybridized carbons (Fsp3) is 0.261. The molecule has 6 nitrogen and oxygen atoms in total. The van der Waals surface area contributed by atoms with Crippen molar-refractivity contribution in [3.8, 4) is 5.75 Å². The molecule has 0 bridgehead atoms. The standard InChI is InChI=1S/C23H24N2O4S/c1-4-16(3)29-19-11-7-17(8-12-19)13-20-22(27)25(23(28)30-20)14-21(26)24-18-9-5-15(2)6-10-18/h5-13,16H,4,14H2,1-3H3,(H,24,26)/b20-13-/t16-/m1/s1. The van der Waals surface area contributed by atoms with E-state index in [2.05, 4.69) is 12.2 Å². The predicted octanol–water partition coefficient (Wildman–Crippen LogP) is 4.85. The molecule has 3 rings (SSSR count). The van der Waals surface area contributed by atoms with Crippen molar-refractivity contribution in [3.63, 3.8) is 0 Å². The summed E-state index contributed by atoms with van der Waals surface area (Å²) in [5, 5.41) is 2.24. The molecule has 3 amide bonds. The van der Waals surface area contributed by atoms with Crippen LogP contribution in [0.15, 0.2) is 53.4 Å². The third-order valence-electron chi connectivity index (χ3n) is 4.60. The average molecular weight is 425 g/mol. The maximum absolute atomic E-state index is 12.6. The van der Waals surface area contributed by atoms with Crippen molar-refractivity contribution in [2.45, 2.75) is 33.3 Å². The SMILES string of the molecule is CC[C@@H](C)Oc1ccc(/C=C2\SC(=O)N(CC(=O)Nc3ccc(C)cc3)C2=O)cc1. The Bertz CT molecular complexity index is 968. The second-order valence-electron chi connectivity index (χ2n) is 7.09. The maximum atomic E-state index is 12.6. The monoisotopic (exact) mass is 424 g/mol. The highest BCUT2D eigenvalue weighted by atomic mass is 32.2. The fourth-order valence-electron chi connectivity index (χ4n) is 2.73. The molecule has 0 spiro atoms. The van der Waals surface area contributed by atoms with Gasteiger partial charge in [-0.3, -0.25) is 19.3 Å². The molecular formula is C23H24N2O4S. The van der Waals surface area contributed by atoms with Crippen molar-refractivity contribution < 1.29 is 19.1 Å². The van der Waals surface area contributed by atoms with Crippen molar-refractivity contribution in [2.75, 3.05) is 11.9 Å². The van der Waals surface area contributed by atoms with Crippen LogP contribution in [0.4, 0.5) is 10.5 Å². The van der Waals surface area contributed by atoms with E-state index in [1.807, 2.05) is 50.2 Å². The van der Waals surface area contributed by atoms with Crippen LogP contribution in [0.1, 0.15) is 31.4 Å². The number of carbonyl (C=O) groups excluding carboxylic acids is 3. The summed E-state index contributed by atoms with van der Waals surface area (Å²) in [5.41, 5.74) is 2.47. The Morgan fingerprint density at radius 2 is 1.80 bits per heavy atom. The highest BCUT2D eigenvalue weighted by molar-refractivity contribution is 8.18. The highest BCUT2D eigenvalue weighted by Gasteiger charge is 2.36. The Labute approximate surface area is 180 Å². The van der Waals surface area contributed by atoms with Crippen LogP contribution >= 0.6 is 11.8 Å². The molecule has 30 heavy (non-hydrogen) atoms. The van der Waals surface area contributed by atoms with E-state index in [-0.39, 0.29) is 12.6 Å². The van der Waals surface area contributed by atoms with E-state index in [1.54, 1.807) is 18.2 Å². The lowest BCUT2D eigenvalue weighted by Gasteiger charge is -2.13. The molecule has 0 aliphatic carbocycles. The van der Waals surface area contributed by atoms with E-state index in [0.29, 0.717) is 10.6 Å². The molecular weight excluding hydrogens is 400 g/mol. The van der Waals surface area contributed by atoms with Crippen molar-refractivity contribution in [2.24, 2.45) is 0 Å². The lowest BCUT2D eigenvalue weighted by Crippen LogP contribution is -2.36. The number of rotatable bonds is 7. The minimum atomic E-state index is -0.469. The second kappa shape index (κ2) is 9.63. The second-order valence-corrected chi connectivity index (χ2v) is 8.08. The van der Waals surface area contributed by atoms with Crippen LogP contribution in [0.25, 0.3) is 6.08 Å². The summed E-state index contributed by atoms with van der Waals surface area (Å²) in [5.74, 6) is -0.139. The van der Waals surface area contributed by atoms with Gasteiger partial charge >= 0.3 is 0 Å². The van der Waals surface area contributed by atoms with E-state index in [9.17, 15) is 14.4 Å². The maximum Gasteiger partial charge on any atom is 0.294 e. The number of imide groups is 1. The van der Waals surface area contributed by atoms with Gasteiger partial charge in [-0.1, -0.05) is 36.8 Å². The van der Waals surface area contributed by atoms with Crippen LogP contribution in [-0.2, 0) is 9.59 Å². The first-order valence-corrected chi connectivity index (χ1v) is 10.6. The smallest absolute Gasteiger partial charge is 0.294 e. The Kier molecular flexibility index (Phi) is 6.95. The van der Waals surface area contributed by atoms with Gasteiger partial charge < -0.3 is 10.1 Å². The summed E-state index contributed by atoms with van der Waals surface area (Å²) in [4.78, 5) is 38.4. The number of aryl methyl sites for hydroxylation is 1. The summed E-state index contributed by atoms with van der Waals surface area (Å²) < 4.78 is 5.74. The van der Waals surface area contributed by atoms with Crippen molar-refractivity contribution in [3.05, 3.63) is 64.6 Å². The molecule has 7 heteroatoms. The molecule has 1 N–H and O–H groups in total. The highest BCUT2D eigenvalue weighted by Crippen LogP contribution is 2.32. The first kappa shape index (κ1) is 21.6. The first-order valence-electron chi connectivity index (χ1n) is 9.74. The lowest BCUT2D eigenvalue weighted by atomic mass is 10.2. The molecule has 1 fully saturated rings. The molecule has 2 aromatic rings. The van der Waals surface area contributed by atoms with Crippen molar-refractivity contribution in [1.82, 2.24) is 4.90 Å². The molecule has 1 aliphatic rings. The zero-order chi connectivity index (χ0) is 21.7.